The van der Waals surface area contributed by atoms with Crippen LogP contribution in [-0.4, -0.2) is 34.8 Å². The normalized spacial score (nSPS) is 13.1. The summed E-state index contributed by atoms with van der Waals surface area (Å²) in [6.07, 6.45) is 0.437. The van der Waals surface area contributed by atoms with Gasteiger partial charge >= 0.3 is 0 Å². The Hall–Kier alpha value is -3.22. The van der Waals surface area contributed by atoms with Crippen LogP contribution in [0.5, 0.6) is 5.75 Å². The molecule has 1 aliphatic heterocycles. The zero-order valence-corrected chi connectivity index (χ0v) is 14.5. The third-order valence-electron chi connectivity index (χ3n) is 4.16. The first-order chi connectivity index (χ1) is 12.4. The number of imide groups is 1. The van der Waals surface area contributed by atoms with Crippen molar-refractivity contribution >= 4 is 17.5 Å². The van der Waals surface area contributed by atoms with E-state index < -0.39 is 16.7 Å². The molecule has 134 valence electrons. The van der Waals surface area contributed by atoms with Crippen molar-refractivity contribution in [2.75, 3.05) is 13.2 Å². The van der Waals surface area contributed by atoms with Gasteiger partial charge < -0.3 is 4.74 Å². The van der Waals surface area contributed by atoms with Gasteiger partial charge in [-0.25, -0.2) is 0 Å². The van der Waals surface area contributed by atoms with Crippen LogP contribution in [0.25, 0.3) is 0 Å². The van der Waals surface area contributed by atoms with Gasteiger partial charge in [-0.2, -0.15) is 0 Å². The minimum absolute atomic E-state index is 0.0828. The molecule has 0 N–H and O–H groups in total. The van der Waals surface area contributed by atoms with Crippen molar-refractivity contribution in [2.24, 2.45) is 0 Å². The fraction of sp³-hybridized carbons (Fsp3) is 0.263. The van der Waals surface area contributed by atoms with Crippen LogP contribution in [0.4, 0.5) is 5.69 Å². The predicted octanol–water partition coefficient (Wildman–Crippen LogP) is 3.28. The zero-order chi connectivity index (χ0) is 18.8. The standard InChI is InChI=1S/C19H18N2O5/c1-12-9-13(2)11-14(10-12)26-8-4-7-20-18(22)15-5-3-6-16(21(24)25)17(15)19(20)23/h3,5-6,9-11H,4,7-8H2,1-2H3. The summed E-state index contributed by atoms with van der Waals surface area (Å²) < 4.78 is 5.68. The molecule has 2 aromatic carbocycles. The summed E-state index contributed by atoms with van der Waals surface area (Å²) in [4.78, 5) is 36.3. The molecule has 0 aliphatic carbocycles. The maximum atomic E-state index is 12.4. The van der Waals surface area contributed by atoms with E-state index in [0.717, 1.165) is 21.8 Å². The van der Waals surface area contributed by atoms with Gasteiger partial charge in [0.15, 0.2) is 0 Å². The van der Waals surface area contributed by atoms with Gasteiger partial charge in [0.05, 0.1) is 17.1 Å². The zero-order valence-electron chi connectivity index (χ0n) is 14.5. The second-order valence-electron chi connectivity index (χ2n) is 6.24. The van der Waals surface area contributed by atoms with Crippen LogP contribution in [0.2, 0.25) is 0 Å². The number of carbonyl (C=O) groups is 2. The molecule has 0 unspecified atom stereocenters. The van der Waals surface area contributed by atoms with Crippen LogP contribution in [-0.2, 0) is 0 Å². The number of nitro groups is 1. The van der Waals surface area contributed by atoms with Gasteiger partial charge in [0.25, 0.3) is 17.5 Å². The molecule has 2 amide bonds. The number of nitrogens with zero attached hydrogens (tertiary/aromatic N) is 2. The average molecular weight is 354 g/mol. The number of ether oxygens (including phenoxy) is 1. The van der Waals surface area contributed by atoms with Gasteiger partial charge in [-0.15, -0.1) is 0 Å². The van der Waals surface area contributed by atoms with Crippen molar-refractivity contribution in [1.29, 1.82) is 0 Å². The van der Waals surface area contributed by atoms with Gasteiger partial charge in [0.1, 0.15) is 11.3 Å². The Morgan fingerprint density at radius 3 is 2.42 bits per heavy atom. The van der Waals surface area contributed by atoms with Crippen LogP contribution in [0, 0.1) is 24.0 Å². The number of benzene rings is 2. The van der Waals surface area contributed by atoms with Crippen molar-refractivity contribution in [2.45, 2.75) is 20.3 Å². The number of carbonyl (C=O) groups excluding carboxylic acids is 2. The summed E-state index contributed by atoms with van der Waals surface area (Å²) in [5.41, 5.74) is 1.80. The van der Waals surface area contributed by atoms with Crippen molar-refractivity contribution in [3.05, 3.63) is 68.8 Å². The first kappa shape index (κ1) is 17.6. The summed E-state index contributed by atoms with van der Waals surface area (Å²) >= 11 is 0. The molecule has 0 fully saturated rings. The molecule has 7 heteroatoms. The highest BCUT2D eigenvalue weighted by Crippen LogP contribution is 2.30. The SMILES string of the molecule is Cc1cc(C)cc(OCCCN2C(=O)c3cccc([N+](=O)[O-])c3C2=O)c1. The van der Waals surface area contributed by atoms with Gasteiger partial charge in [-0.1, -0.05) is 12.1 Å². The Morgan fingerprint density at radius 2 is 1.77 bits per heavy atom. The Labute approximate surface area is 150 Å². The first-order valence-electron chi connectivity index (χ1n) is 8.23. The molecule has 1 heterocycles. The lowest BCUT2D eigenvalue weighted by Gasteiger charge is -2.14. The van der Waals surface area contributed by atoms with Gasteiger partial charge in [-0.05, 0) is 49.6 Å². The van der Waals surface area contributed by atoms with Gasteiger partial charge in [0, 0.05) is 12.6 Å². The molecule has 0 atom stereocenters. The predicted molar refractivity (Wildman–Crippen MR) is 94.5 cm³/mol. The molecule has 0 saturated heterocycles. The largest absolute Gasteiger partial charge is 0.494 e. The van der Waals surface area contributed by atoms with Crippen molar-refractivity contribution in [3.8, 4) is 5.75 Å². The highest BCUT2D eigenvalue weighted by atomic mass is 16.6. The van der Waals surface area contributed by atoms with E-state index in [2.05, 4.69) is 0 Å². The first-order valence-corrected chi connectivity index (χ1v) is 8.23. The molecule has 26 heavy (non-hydrogen) atoms. The number of aryl methyl sites for hydroxylation is 2. The summed E-state index contributed by atoms with van der Waals surface area (Å²) in [6, 6.07) is 9.95. The summed E-state index contributed by atoms with van der Waals surface area (Å²) in [5.74, 6) is -0.385. The molecule has 7 nitrogen and oxygen atoms in total. The van der Waals surface area contributed by atoms with Crippen LogP contribution in [0.1, 0.15) is 38.3 Å². The van der Waals surface area contributed by atoms with Gasteiger partial charge in [-0.3, -0.25) is 24.6 Å². The summed E-state index contributed by atoms with van der Waals surface area (Å²) in [7, 11) is 0. The number of amides is 2. The number of hydrogen-bond donors (Lipinski definition) is 0. The third-order valence-corrected chi connectivity index (χ3v) is 4.16. The Kier molecular flexibility index (Phi) is 4.71. The second-order valence-corrected chi connectivity index (χ2v) is 6.24. The summed E-state index contributed by atoms with van der Waals surface area (Å²) in [6.45, 7) is 4.43. The highest BCUT2D eigenvalue weighted by Gasteiger charge is 2.40. The molecular formula is C19H18N2O5. The molecule has 1 aliphatic rings. The lowest BCUT2D eigenvalue weighted by molar-refractivity contribution is -0.385. The quantitative estimate of drug-likeness (QED) is 0.344. The number of rotatable bonds is 6. The molecule has 0 bridgehead atoms. The lowest BCUT2D eigenvalue weighted by Crippen LogP contribution is -2.31. The van der Waals surface area contributed by atoms with E-state index >= 15 is 0 Å². The number of fused-ring (bicyclic) bond motifs is 1. The third kappa shape index (κ3) is 3.28. The van der Waals surface area contributed by atoms with Crippen molar-refractivity contribution < 1.29 is 19.2 Å². The molecule has 0 aromatic heterocycles. The van der Waals surface area contributed by atoms with E-state index in [0.29, 0.717) is 13.0 Å². The van der Waals surface area contributed by atoms with Crippen LogP contribution >= 0.6 is 0 Å². The van der Waals surface area contributed by atoms with Crippen LogP contribution < -0.4 is 4.74 Å². The van der Waals surface area contributed by atoms with Crippen LogP contribution in [0.3, 0.4) is 0 Å². The molecular weight excluding hydrogens is 336 g/mol. The topological polar surface area (TPSA) is 89.8 Å². The smallest absolute Gasteiger partial charge is 0.282 e. The highest BCUT2D eigenvalue weighted by molar-refractivity contribution is 6.23. The molecule has 0 saturated carbocycles. The Balaban J connectivity index is 1.64. The van der Waals surface area contributed by atoms with E-state index in [1.165, 1.54) is 18.2 Å². The summed E-state index contributed by atoms with van der Waals surface area (Å²) in [5, 5.41) is 11.1. The number of hydrogen-bond acceptors (Lipinski definition) is 5. The minimum atomic E-state index is -0.642. The fourth-order valence-electron chi connectivity index (χ4n) is 3.10. The maximum Gasteiger partial charge on any atom is 0.282 e. The minimum Gasteiger partial charge on any atom is -0.494 e. The molecule has 3 rings (SSSR count). The molecule has 0 radical (unpaired) electrons. The van der Waals surface area contributed by atoms with E-state index in [9.17, 15) is 19.7 Å². The fourth-order valence-corrected chi connectivity index (χ4v) is 3.10. The lowest BCUT2D eigenvalue weighted by atomic mass is 10.1. The van der Waals surface area contributed by atoms with Crippen molar-refractivity contribution in [3.63, 3.8) is 0 Å². The average Bonchev–Trinajstić information content (AvgIpc) is 2.82. The van der Waals surface area contributed by atoms with E-state index in [-0.39, 0.29) is 23.4 Å². The Morgan fingerprint density at radius 1 is 1.08 bits per heavy atom. The van der Waals surface area contributed by atoms with E-state index in [1.807, 2.05) is 32.0 Å². The van der Waals surface area contributed by atoms with Gasteiger partial charge in [0.2, 0.25) is 0 Å². The number of nitro benzene ring substituents is 1. The molecule has 2 aromatic rings. The van der Waals surface area contributed by atoms with Crippen molar-refractivity contribution in [1.82, 2.24) is 4.90 Å². The Bertz CT molecular complexity index is 887. The maximum absolute atomic E-state index is 12.4. The monoisotopic (exact) mass is 354 g/mol. The molecule has 0 spiro atoms. The van der Waals surface area contributed by atoms with Crippen LogP contribution in [0.15, 0.2) is 36.4 Å². The van der Waals surface area contributed by atoms with E-state index in [1.54, 1.807) is 0 Å². The van der Waals surface area contributed by atoms with E-state index in [4.69, 9.17) is 4.74 Å². The second kappa shape index (κ2) is 6.95.